The minimum atomic E-state index is -0.843. The van der Waals surface area contributed by atoms with Crippen molar-refractivity contribution in [2.75, 3.05) is 20.2 Å². The normalized spacial score (nSPS) is 15.4. The maximum Gasteiger partial charge on any atom is 0.242 e. The molecule has 2 heterocycles. The van der Waals surface area contributed by atoms with Crippen molar-refractivity contribution in [1.82, 2.24) is 14.9 Å². The fourth-order valence-corrected chi connectivity index (χ4v) is 3.33. The summed E-state index contributed by atoms with van der Waals surface area (Å²) in [4.78, 5) is 23.4. The Labute approximate surface area is 165 Å². The number of amides is 1. The van der Waals surface area contributed by atoms with E-state index < -0.39 is 5.54 Å². The third-order valence-corrected chi connectivity index (χ3v) is 4.81. The first-order chi connectivity index (χ1) is 13.3. The van der Waals surface area contributed by atoms with Crippen LogP contribution in [0.2, 0.25) is 0 Å². The third-order valence-electron chi connectivity index (χ3n) is 4.81. The summed E-state index contributed by atoms with van der Waals surface area (Å²) >= 11 is 0. The molecular formula is C21H28N4O3. The molecule has 2 aromatic rings. The summed E-state index contributed by atoms with van der Waals surface area (Å²) in [6, 6.07) is 9.22. The molecule has 1 aromatic carbocycles. The number of benzene rings is 1. The first-order valence-corrected chi connectivity index (χ1v) is 9.52. The summed E-state index contributed by atoms with van der Waals surface area (Å²) < 4.78 is 11.2. The molecule has 0 bridgehead atoms. The van der Waals surface area contributed by atoms with Crippen LogP contribution in [0, 0.1) is 6.92 Å². The van der Waals surface area contributed by atoms with Gasteiger partial charge in [0, 0.05) is 36.8 Å². The second kappa shape index (κ2) is 8.14. The molecule has 1 aliphatic heterocycles. The number of carbonyl (C=O) groups is 1. The van der Waals surface area contributed by atoms with Gasteiger partial charge in [0.05, 0.1) is 12.6 Å². The summed E-state index contributed by atoms with van der Waals surface area (Å²) in [6.45, 7) is 6.74. The van der Waals surface area contributed by atoms with E-state index in [2.05, 4.69) is 9.97 Å². The molecule has 7 nitrogen and oxygen atoms in total. The molecule has 0 unspecified atom stereocenters. The number of piperidine rings is 1. The average Bonchev–Trinajstić information content (AvgIpc) is 2.66. The van der Waals surface area contributed by atoms with Crippen molar-refractivity contribution >= 4 is 5.91 Å². The van der Waals surface area contributed by atoms with E-state index in [0.29, 0.717) is 24.7 Å². The smallest absolute Gasteiger partial charge is 0.242 e. The Morgan fingerprint density at radius 1 is 1.18 bits per heavy atom. The third kappa shape index (κ3) is 4.78. The highest BCUT2D eigenvalue weighted by atomic mass is 16.5. The molecule has 0 aliphatic carbocycles. The highest BCUT2D eigenvalue weighted by Gasteiger charge is 2.32. The fraction of sp³-hybridized carbons (Fsp3) is 0.476. The number of rotatable bonds is 5. The molecule has 28 heavy (non-hydrogen) atoms. The van der Waals surface area contributed by atoms with Crippen molar-refractivity contribution in [2.45, 2.75) is 45.1 Å². The molecule has 1 aromatic heterocycles. The van der Waals surface area contributed by atoms with Crippen molar-refractivity contribution in [2.24, 2.45) is 5.73 Å². The van der Waals surface area contributed by atoms with Gasteiger partial charge in [-0.05, 0) is 45.7 Å². The lowest BCUT2D eigenvalue weighted by Crippen LogP contribution is -2.53. The van der Waals surface area contributed by atoms with Gasteiger partial charge in [-0.3, -0.25) is 4.79 Å². The van der Waals surface area contributed by atoms with Gasteiger partial charge in [-0.2, -0.15) is 4.98 Å². The van der Waals surface area contributed by atoms with Crippen LogP contribution >= 0.6 is 0 Å². The SMILES string of the molecule is COc1cccc(Oc2cc(C)nc(C3CCN(C(=O)C(C)(C)N)CC3)n2)c1. The zero-order chi connectivity index (χ0) is 20.3. The second-order valence-electron chi connectivity index (χ2n) is 7.77. The lowest BCUT2D eigenvalue weighted by Gasteiger charge is -2.35. The zero-order valence-electron chi connectivity index (χ0n) is 16.9. The molecule has 7 heteroatoms. The molecule has 0 atom stereocenters. The molecule has 1 fully saturated rings. The van der Waals surface area contributed by atoms with E-state index in [4.69, 9.17) is 15.2 Å². The van der Waals surface area contributed by atoms with Crippen LogP contribution in [0.1, 0.15) is 44.1 Å². The van der Waals surface area contributed by atoms with Crippen LogP contribution in [0.5, 0.6) is 17.4 Å². The summed E-state index contributed by atoms with van der Waals surface area (Å²) in [6.07, 6.45) is 1.62. The highest BCUT2D eigenvalue weighted by Crippen LogP contribution is 2.30. The summed E-state index contributed by atoms with van der Waals surface area (Å²) in [5.41, 5.74) is 5.96. The predicted octanol–water partition coefficient (Wildman–Crippen LogP) is 3.03. The van der Waals surface area contributed by atoms with Crippen molar-refractivity contribution in [1.29, 1.82) is 0 Å². The van der Waals surface area contributed by atoms with E-state index in [1.807, 2.05) is 42.2 Å². The van der Waals surface area contributed by atoms with Gasteiger partial charge in [-0.15, -0.1) is 0 Å². The Morgan fingerprint density at radius 2 is 1.86 bits per heavy atom. The maximum absolute atomic E-state index is 12.4. The largest absolute Gasteiger partial charge is 0.497 e. The van der Waals surface area contributed by atoms with Gasteiger partial charge >= 0.3 is 0 Å². The Kier molecular flexibility index (Phi) is 5.84. The van der Waals surface area contributed by atoms with Crippen LogP contribution in [-0.4, -0.2) is 46.5 Å². The number of nitrogens with zero attached hydrogens (tertiary/aromatic N) is 3. The Bertz CT molecular complexity index is 840. The Hall–Kier alpha value is -2.67. The first-order valence-electron chi connectivity index (χ1n) is 9.52. The van der Waals surface area contributed by atoms with E-state index >= 15 is 0 Å². The number of likely N-dealkylation sites (tertiary alicyclic amines) is 1. The molecule has 3 rings (SSSR count). The number of nitrogens with two attached hydrogens (primary N) is 1. The first kappa shape index (κ1) is 20.1. The van der Waals surface area contributed by atoms with Gasteiger partial charge in [0.1, 0.15) is 17.3 Å². The standard InChI is InChI=1S/C21H28N4O3/c1-14-12-18(28-17-7-5-6-16(13-17)27-4)24-19(23-14)15-8-10-25(11-9-15)20(26)21(2,3)22/h5-7,12-13,15H,8-11,22H2,1-4H3. The molecule has 0 spiro atoms. The second-order valence-corrected chi connectivity index (χ2v) is 7.77. The molecular weight excluding hydrogens is 356 g/mol. The van der Waals surface area contributed by atoms with Crippen molar-refractivity contribution in [3.63, 3.8) is 0 Å². The van der Waals surface area contributed by atoms with Crippen LogP contribution in [-0.2, 0) is 4.79 Å². The summed E-state index contributed by atoms with van der Waals surface area (Å²) in [5.74, 6) is 2.84. The minimum absolute atomic E-state index is 0.0156. The van der Waals surface area contributed by atoms with Crippen molar-refractivity contribution in [3.05, 3.63) is 41.9 Å². The number of ether oxygens (including phenoxy) is 2. The van der Waals surface area contributed by atoms with Crippen molar-refractivity contribution in [3.8, 4) is 17.4 Å². The number of aromatic nitrogens is 2. The molecule has 0 radical (unpaired) electrons. The maximum atomic E-state index is 12.4. The van der Waals surface area contributed by atoms with E-state index in [0.717, 1.165) is 30.1 Å². The number of hydrogen-bond acceptors (Lipinski definition) is 6. The molecule has 150 valence electrons. The van der Waals surface area contributed by atoms with Crippen LogP contribution in [0.4, 0.5) is 0 Å². The predicted molar refractivity (Wildman–Crippen MR) is 107 cm³/mol. The van der Waals surface area contributed by atoms with Crippen LogP contribution in [0.3, 0.4) is 0 Å². The monoisotopic (exact) mass is 384 g/mol. The van der Waals surface area contributed by atoms with E-state index in [1.165, 1.54) is 0 Å². The fourth-order valence-electron chi connectivity index (χ4n) is 3.33. The topological polar surface area (TPSA) is 90.6 Å². The molecule has 1 saturated heterocycles. The number of aryl methyl sites for hydroxylation is 1. The zero-order valence-corrected chi connectivity index (χ0v) is 16.9. The molecule has 1 aliphatic rings. The lowest BCUT2D eigenvalue weighted by molar-refractivity contribution is -0.136. The Balaban J connectivity index is 1.71. The van der Waals surface area contributed by atoms with Crippen molar-refractivity contribution < 1.29 is 14.3 Å². The minimum Gasteiger partial charge on any atom is -0.497 e. The molecule has 2 N–H and O–H groups in total. The average molecular weight is 384 g/mol. The van der Waals surface area contributed by atoms with Crippen LogP contribution in [0.25, 0.3) is 0 Å². The van der Waals surface area contributed by atoms with Gasteiger partial charge in [-0.1, -0.05) is 6.07 Å². The van der Waals surface area contributed by atoms with E-state index in [-0.39, 0.29) is 11.8 Å². The van der Waals surface area contributed by atoms with E-state index in [1.54, 1.807) is 21.0 Å². The van der Waals surface area contributed by atoms with Crippen LogP contribution < -0.4 is 15.2 Å². The summed E-state index contributed by atoms with van der Waals surface area (Å²) in [7, 11) is 1.62. The van der Waals surface area contributed by atoms with Gasteiger partial charge in [0.25, 0.3) is 0 Å². The number of hydrogen-bond donors (Lipinski definition) is 1. The molecule has 0 saturated carbocycles. The Morgan fingerprint density at radius 3 is 2.50 bits per heavy atom. The van der Waals surface area contributed by atoms with Gasteiger partial charge in [0.15, 0.2) is 0 Å². The molecule has 1 amide bonds. The van der Waals surface area contributed by atoms with Gasteiger partial charge in [0.2, 0.25) is 11.8 Å². The lowest BCUT2D eigenvalue weighted by atomic mass is 9.94. The quantitative estimate of drug-likeness (QED) is 0.852. The highest BCUT2D eigenvalue weighted by molar-refractivity contribution is 5.85. The number of carbonyl (C=O) groups excluding carboxylic acids is 1. The van der Waals surface area contributed by atoms with E-state index in [9.17, 15) is 4.79 Å². The number of methoxy groups -OCH3 is 1. The van der Waals surface area contributed by atoms with Gasteiger partial charge in [-0.25, -0.2) is 4.98 Å². The van der Waals surface area contributed by atoms with Crippen LogP contribution in [0.15, 0.2) is 30.3 Å². The van der Waals surface area contributed by atoms with Gasteiger partial charge < -0.3 is 20.1 Å². The summed E-state index contributed by atoms with van der Waals surface area (Å²) in [5, 5.41) is 0.